The fraction of sp³-hybridized carbons (Fsp3) is 0.464. The van der Waals surface area contributed by atoms with Crippen molar-refractivity contribution >= 4 is 28.1 Å². The van der Waals surface area contributed by atoms with Crippen LogP contribution >= 0.6 is 12.2 Å². The molecule has 0 spiro atoms. The van der Waals surface area contributed by atoms with Gasteiger partial charge in [-0.2, -0.15) is 0 Å². The van der Waals surface area contributed by atoms with Crippen LogP contribution in [-0.4, -0.2) is 21.0 Å². The number of aromatic nitrogens is 1. The summed E-state index contributed by atoms with van der Waals surface area (Å²) in [7, 11) is 0. The van der Waals surface area contributed by atoms with Crippen LogP contribution < -0.4 is 0 Å². The van der Waals surface area contributed by atoms with Crippen LogP contribution in [0.2, 0.25) is 0 Å². The summed E-state index contributed by atoms with van der Waals surface area (Å²) in [4.78, 5) is 3.67. The standard InChI is InChI=1S/C28H32N2S/c31-27(18-20-8-3-1-4-9-20)29-16-17-30-25-15-14-22(21-10-5-2-6-11-21)19-24(25)23-12-7-13-26(29)28(23)30/h1,3-4,8-9,14-15,19,21,26H,2,5-7,10-13,16-18H2. The molecule has 1 saturated carbocycles. The van der Waals surface area contributed by atoms with E-state index in [4.69, 9.17) is 12.2 Å². The molecule has 2 aliphatic carbocycles. The van der Waals surface area contributed by atoms with E-state index in [0.29, 0.717) is 6.04 Å². The van der Waals surface area contributed by atoms with Crippen molar-refractivity contribution in [1.82, 2.24) is 9.47 Å². The Labute approximate surface area is 191 Å². The minimum absolute atomic E-state index is 0.458. The molecule has 1 fully saturated rings. The van der Waals surface area contributed by atoms with Gasteiger partial charge < -0.3 is 9.47 Å². The lowest BCUT2D eigenvalue weighted by Crippen LogP contribution is -2.43. The lowest BCUT2D eigenvalue weighted by atomic mass is 9.83. The molecule has 31 heavy (non-hydrogen) atoms. The average molecular weight is 429 g/mol. The number of thiocarbonyl (C=S) groups is 1. The van der Waals surface area contributed by atoms with Gasteiger partial charge in [0.2, 0.25) is 0 Å². The van der Waals surface area contributed by atoms with Gasteiger partial charge in [0.1, 0.15) is 0 Å². The summed E-state index contributed by atoms with van der Waals surface area (Å²) in [5.74, 6) is 0.775. The first-order chi connectivity index (χ1) is 15.3. The molecule has 160 valence electrons. The van der Waals surface area contributed by atoms with Crippen molar-refractivity contribution in [3.63, 3.8) is 0 Å². The second-order valence-electron chi connectivity index (χ2n) is 9.78. The third-order valence-electron chi connectivity index (χ3n) is 7.99. The Morgan fingerprint density at radius 3 is 2.58 bits per heavy atom. The molecule has 2 nitrogen and oxygen atoms in total. The molecule has 0 N–H and O–H groups in total. The van der Waals surface area contributed by atoms with Crippen LogP contribution in [-0.2, 0) is 19.4 Å². The molecule has 0 bridgehead atoms. The Morgan fingerprint density at radius 2 is 1.74 bits per heavy atom. The van der Waals surface area contributed by atoms with Crippen LogP contribution in [0.4, 0.5) is 0 Å². The van der Waals surface area contributed by atoms with Gasteiger partial charge in [-0.3, -0.25) is 0 Å². The van der Waals surface area contributed by atoms with Crippen molar-refractivity contribution in [2.75, 3.05) is 6.54 Å². The van der Waals surface area contributed by atoms with E-state index in [1.165, 1.54) is 62.4 Å². The fourth-order valence-electron chi connectivity index (χ4n) is 6.48. The Morgan fingerprint density at radius 1 is 0.903 bits per heavy atom. The number of rotatable bonds is 3. The lowest BCUT2D eigenvalue weighted by Gasteiger charge is -2.41. The van der Waals surface area contributed by atoms with Gasteiger partial charge in [-0.1, -0.05) is 67.9 Å². The third-order valence-corrected chi connectivity index (χ3v) is 8.37. The van der Waals surface area contributed by atoms with Crippen LogP contribution in [0.15, 0.2) is 48.5 Å². The third kappa shape index (κ3) is 3.42. The van der Waals surface area contributed by atoms with E-state index in [1.807, 2.05) is 0 Å². The molecule has 6 rings (SSSR count). The zero-order chi connectivity index (χ0) is 20.8. The Hall–Kier alpha value is -2.13. The maximum atomic E-state index is 6.00. The van der Waals surface area contributed by atoms with Crippen molar-refractivity contribution in [3.05, 3.63) is 70.9 Å². The topological polar surface area (TPSA) is 8.17 Å². The summed E-state index contributed by atoms with van der Waals surface area (Å²) >= 11 is 6.00. The zero-order valence-corrected chi connectivity index (χ0v) is 19.2. The summed E-state index contributed by atoms with van der Waals surface area (Å²) in [6.07, 6.45) is 11.6. The predicted molar refractivity (Wildman–Crippen MR) is 133 cm³/mol. The molecule has 3 heteroatoms. The number of aryl methyl sites for hydroxylation is 1. The van der Waals surface area contributed by atoms with E-state index in [1.54, 1.807) is 22.2 Å². The molecule has 1 atom stereocenters. The van der Waals surface area contributed by atoms with Gasteiger partial charge in [-0.15, -0.1) is 0 Å². The molecule has 0 radical (unpaired) electrons. The minimum atomic E-state index is 0.458. The van der Waals surface area contributed by atoms with Gasteiger partial charge >= 0.3 is 0 Å². The van der Waals surface area contributed by atoms with Gasteiger partial charge in [0.25, 0.3) is 0 Å². The highest BCUT2D eigenvalue weighted by atomic mass is 32.1. The Kier molecular flexibility index (Phi) is 5.10. The lowest BCUT2D eigenvalue weighted by molar-refractivity contribution is 0.233. The van der Waals surface area contributed by atoms with Crippen LogP contribution in [0, 0.1) is 0 Å². The summed E-state index contributed by atoms with van der Waals surface area (Å²) in [6, 6.07) is 18.6. The monoisotopic (exact) mass is 428 g/mol. The molecule has 2 heterocycles. The second kappa shape index (κ2) is 8.09. The summed E-state index contributed by atoms with van der Waals surface area (Å²) < 4.78 is 2.64. The molecule has 2 aromatic carbocycles. The van der Waals surface area contributed by atoms with Crippen molar-refractivity contribution in [1.29, 1.82) is 0 Å². The number of hydrogen-bond acceptors (Lipinski definition) is 1. The summed E-state index contributed by atoms with van der Waals surface area (Å²) in [5, 5.41) is 1.54. The van der Waals surface area contributed by atoms with Crippen molar-refractivity contribution in [2.45, 2.75) is 76.3 Å². The second-order valence-corrected chi connectivity index (χ2v) is 10.3. The molecule has 1 unspecified atom stereocenters. The van der Waals surface area contributed by atoms with Gasteiger partial charge in [0.05, 0.1) is 11.0 Å². The maximum absolute atomic E-state index is 6.00. The Balaban J connectivity index is 1.35. The highest BCUT2D eigenvalue weighted by molar-refractivity contribution is 7.80. The predicted octanol–water partition coefficient (Wildman–Crippen LogP) is 6.95. The van der Waals surface area contributed by atoms with Gasteiger partial charge in [0, 0.05) is 36.1 Å². The van der Waals surface area contributed by atoms with E-state index < -0.39 is 0 Å². The molecular weight excluding hydrogens is 396 g/mol. The van der Waals surface area contributed by atoms with Crippen LogP contribution in [0.25, 0.3) is 10.9 Å². The largest absolute Gasteiger partial charge is 0.356 e. The minimum Gasteiger partial charge on any atom is -0.356 e. The normalized spacial score (nSPS) is 21.3. The first-order valence-electron chi connectivity index (χ1n) is 12.3. The van der Waals surface area contributed by atoms with Crippen LogP contribution in [0.5, 0.6) is 0 Å². The van der Waals surface area contributed by atoms with Gasteiger partial charge in [-0.25, -0.2) is 0 Å². The van der Waals surface area contributed by atoms with E-state index >= 15 is 0 Å². The maximum Gasteiger partial charge on any atom is 0.0830 e. The zero-order valence-electron chi connectivity index (χ0n) is 18.4. The molecule has 1 aliphatic heterocycles. The van der Waals surface area contributed by atoms with Gasteiger partial charge in [-0.05, 0) is 66.8 Å². The molecule has 3 aromatic rings. The van der Waals surface area contributed by atoms with Crippen molar-refractivity contribution in [2.24, 2.45) is 0 Å². The summed E-state index contributed by atoms with van der Waals surface area (Å²) in [6.45, 7) is 2.09. The smallest absolute Gasteiger partial charge is 0.0830 e. The summed E-state index contributed by atoms with van der Waals surface area (Å²) in [5.41, 5.74) is 7.57. The number of hydrogen-bond donors (Lipinski definition) is 0. The van der Waals surface area contributed by atoms with Gasteiger partial charge in [0.15, 0.2) is 0 Å². The molecular formula is C28H32N2S. The fourth-order valence-corrected chi connectivity index (χ4v) is 6.87. The van der Waals surface area contributed by atoms with Crippen molar-refractivity contribution in [3.8, 4) is 0 Å². The van der Waals surface area contributed by atoms with Crippen LogP contribution in [0.1, 0.15) is 79.3 Å². The first kappa shape index (κ1) is 19.5. The molecule has 3 aliphatic rings. The molecule has 0 amide bonds. The highest BCUT2D eigenvalue weighted by Gasteiger charge is 2.36. The number of benzene rings is 2. The quantitative estimate of drug-likeness (QED) is 0.417. The van der Waals surface area contributed by atoms with E-state index in [2.05, 4.69) is 58.0 Å². The van der Waals surface area contributed by atoms with E-state index in [9.17, 15) is 0 Å². The molecule has 0 saturated heterocycles. The van der Waals surface area contributed by atoms with Crippen molar-refractivity contribution < 1.29 is 0 Å². The Bertz CT molecular complexity index is 1110. The van der Waals surface area contributed by atoms with E-state index in [-0.39, 0.29) is 0 Å². The molecule has 1 aromatic heterocycles. The average Bonchev–Trinajstić information content (AvgIpc) is 3.15. The highest BCUT2D eigenvalue weighted by Crippen LogP contribution is 2.44. The number of fused-ring (bicyclic) bond motifs is 3. The van der Waals surface area contributed by atoms with E-state index in [0.717, 1.165) is 30.4 Å². The number of nitrogens with zero attached hydrogens (tertiary/aromatic N) is 2. The first-order valence-corrected chi connectivity index (χ1v) is 12.7. The van der Waals surface area contributed by atoms with Crippen LogP contribution in [0.3, 0.4) is 0 Å². The SMILES string of the molecule is S=C(Cc1ccccc1)N1CCn2c3c(c4cc(C5CCCCC5)ccc42)CCCC31.